The predicted molar refractivity (Wildman–Crippen MR) is 145 cm³/mol. The largest absolute Gasteiger partial charge is 0.265 e. The summed E-state index contributed by atoms with van der Waals surface area (Å²) in [5, 5.41) is 0. The first-order valence-electron chi connectivity index (χ1n) is 12.3. The molecule has 0 unspecified atom stereocenters. The number of hydrogen-bond acceptors (Lipinski definition) is 4. The van der Waals surface area contributed by atoms with Crippen LogP contribution in [0.25, 0.3) is 56.2 Å². The first-order valence-corrected chi connectivity index (χ1v) is 12.3. The minimum atomic E-state index is -2.20. The fraction of sp³-hybridized carbons (Fsp3) is 0. The smallest absolute Gasteiger partial charge is 0.200 e. The van der Waals surface area contributed by atoms with Crippen LogP contribution in [0.5, 0.6) is 0 Å². The van der Waals surface area contributed by atoms with Crippen LogP contribution in [-0.2, 0) is 0 Å². The predicted octanol–water partition coefficient (Wildman–Crippen LogP) is 8.30. The molecule has 0 bridgehead atoms. The minimum absolute atomic E-state index is 0.175. The highest BCUT2D eigenvalue weighted by Gasteiger charge is 2.26. The second-order valence-corrected chi connectivity index (χ2v) is 9.03. The van der Waals surface area contributed by atoms with Crippen molar-refractivity contribution in [2.24, 2.45) is 0 Å². The molecule has 41 heavy (non-hydrogen) atoms. The van der Waals surface area contributed by atoms with Crippen molar-refractivity contribution in [2.75, 3.05) is 0 Å². The second-order valence-electron chi connectivity index (χ2n) is 9.03. The summed E-state index contributed by atoms with van der Waals surface area (Å²) in [5.74, 6) is -10.0. The molecule has 0 saturated heterocycles. The van der Waals surface area contributed by atoms with Crippen LogP contribution < -0.4 is 0 Å². The lowest BCUT2D eigenvalue weighted by Gasteiger charge is -2.12. The zero-order chi connectivity index (χ0) is 28.5. The van der Waals surface area contributed by atoms with Crippen molar-refractivity contribution in [3.63, 3.8) is 0 Å². The third kappa shape index (κ3) is 4.93. The molecule has 0 fully saturated rings. The Balaban J connectivity index is 1.46. The van der Waals surface area contributed by atoms with Crippen LogP contribution in [0.15, 0.2) is 104 Å². The lowest BCUT2D eigenvalue weighted by atomic mass is 9.99. The number of rotatable bonds is 5. The number of benzene rings is 2. The van der Waals surface area contributed by atoms with E-state index in [0.29, 0.717) is 28.3 Å². The quantitative estimate of drug-likeness (QED) is 0.123. The summed E-state index contributed by atoms with van der Waals surface area (Å²) in [6, 6.07) is 22.1. The van der Waals surface area contributed by atoms with Gasteiger partial charge in [0.2, 0.25) is 5.82 Å². The molecule has 0 atom stereocenters. The zero-order valence-electron chi connectivity index (χ0n) is 21.0. The molecular formula is C32H17F5N4. The van der Waals surface area contributed by atoms with Gasteiger partial charge in [-0.2, -0.15) is 0 Å². The van der Waals surface area contributed by atoms with E-state index in [1.807, 2.05) is 36.4 Å². The molecule has 4 aromatic heterocycles. The van der Waals surface area contributed by atoms with Crippen LogP contribution in [0.1, 0.15) is 0 Å². The molecule has 0 aliphatic rings. The van der Waals surface area contributed by atoms with E-state index >= 15 is 0 Å². The summed E-state index contributed by atoms with van der Waals surface area (Å²) in [6.45, 7) is 0. The lowest BCUT2D eigenvalue weighted by Crippen LogP contribution is -2.04. The van der Waals surface area contributed by atoms with Crippen LogP contribution in [0, 0.1) is 29.1 Å². The standard InChI is InChI=1S/C32H17F5N4/c33-28-27(29(34)31(36)32(37)30(28)35)21-4-1-3-20(15-21)23-5-2-6-24(40-23)22-16-25(18-7-11-38-12-8-18)41-26(17-22)19-9-13-39-14-10-19/h1-17H. The molecule has 0 saturated carbocycles. The van der Waals surface area contributed by atoms with Gasteiger partial charge in [-0.15, -0.1) is 0 Å². The number of pyridine rings is 4. The highest BCUT2D eigenvalue weighted by Crippen LogP contribution is 2.34. The summed E-state index contributed by atoms with van der Waals surface area (Å²) in [7, 11) is 0. The van der Waals surface area contributed by atoms with Gasteiger partial charge in [0.1, 0.15) is 0 Å². The van der Waals surface area contributed by atoms with Gasteiger partial charge in [0.05, 0.1) is 28.3 Å². The highest BCUT2D eigenvalue weighted by atomic mass is 19.2. The lowest BCUT2D eigenvalue weighted by molar-refractivity contribution is 0.381. The van der Waals surface area contributed by atoms with Gasteiger partial charge in [0.25, 0.3) is 0 Å². The summed E-state index contributed by atoms with van der Waals surface area (Å²) < 4.78 is 70.4. The molecule has 0 radical (unpaired) electrons. The number of halogens is 5. The van der Waals surface area contributed by atoms with Gasteiger partial charge in [0.15, 0.2) is 23.3 Å². The molecule has 0 aliphatic heterocycles. The fourth-order valence-corrected chi connectivity index (χ4v) is 4.47. The molecular weight excluding hydrogens is 535 g/mol. The van der Waals surface area contributed by atoms with Gasteiger partial charge in [-0.1, -0.05) is 24.3 Å². The molecule has 0 amide bonds. The van der Waals surface area contributed by atoms with Gasteiger partial charge in [-0.25, -0.2) is 31.9 Å². The second kappa shape index (κ2) is 10.7. The number of hydrogen-bond donors (Lipinski definition) is 0. The third-order valence-corrected chi connectivity index (χ3v) is 6.48. The maximum absolute atomic E-state index is 14.5. The fourth-order valence-electron chi connectivity index (χ4n) is 4.47. The van der Waals surface area contributed by atoms with Crippen LogP contribution in [0.4, 0.5) is 22.0 Å². The molecule has 0 aliphatic carbocycles. The van der Waals surface area contributed by atoms with Crippen molar-refractivity contribution in [1.29, 1.82) is 0 Å². The molecule has 200 valence electrons. The number of aromatic nitrogens is 4. The van der Waals surface area contributed by atoms with E-state index in [1.54, 1.807) is 49.1 Å². The van der Waals surface area contributed by atoms with Crippen molar-refractivity contribution < 1.29 is 22.0 Å². The Morgan fingerprint density at radius 2 is 0.805 bits per heavy atom. The van der Waals surface area contributed by atoms with Gasteiger partial charge < -0.3 is 0 Å². The molecule has 6 aromatic rings. The molecule has 0 spiro atoms. The van der Waals surface area contributed by atoms with Crippen LogP contribution in [0.2, 0.25) is 0 Å². The Labute approximate surface area is 230 Å². The Morgan fingerprint density at radius 3 is 1.37 bits per heavy atom. The zero-order valence-corrected chi connectivity index (χ0v) is 21.0. The van der Waals surface area contributed by atoms with Crippen LogP contribution in [-0.4, -0.2) is 19.9 Å². The van der Waals surface area contributed by atoms with Gasteiger partial charge >= 0.3 is 0 Å². The summed E-state index contributed by atoms with van der Waals surface area (Å²) in [5.41, 5.74) is 4.09. The van der Waals surface area contributed by atoms with E-state index in [2.05, 4.69) is 9.97 Å². The highest BCUT2D eigenvalue weighted by molar-refractivity contribution is 5.77. The Bertz CT molecular complexity index is 1810. The van der Waals surface area contributed by atoms with Crippen molar-refractivity contribution >= 4 is 0 Å². The van der Waals surface area contributed by atoms with E-state index in [1.165, 1.54) is 18.2 Å². The average Bonchev–Trinajstić information content (AvgIpc) is 3.04. The Hall–Kier alpha value is -5.31. The minimum Gasteiger partial charge on any atom is -0.265 e. The summed E-state index contributed by atoms with van der Waals surface area (Å²) in [4.78, 5) is 17.7. The molecule has 4 nitrogen and oxygen atoms in total. The van der Waals surface area contributed by atoms with E-state index in [9.17, 15) is 22.0 Å². The van der Waals surface area contributed by atoms with Crippen molar-refractivity contribution in [3.05, 3.63) is 133 Å². The monoisotopic (exact) mass is 552 g/mol. The van der Waals surface area contributed by atoms with Crippen molar-refractivity contribution in [1.82, 2.24) is 19.9 Å². The molecule has 9 heteroatoms. The van der Waals surface area contributed by atoms with Crippen molar-refractivity contribution in [2.45, 2.75) is 0 Å². The Kier molecular flexibility index (Phi) is 6.76. The van der Waals surface area contributed by atoms with Gasteiger partial charge in [0, 0.05) is 47.0 Å². The van der Waals surface area contributed by atoms with E-state index in [0.717, 1.165) is 16.7 Å². The maximum Gasteiger partial charge on any atom is 0.200 e. The van der Waals surface area contributed by atoms with E-state index < -0.39 is 34.6 Å². The Morgan fingerprint density at radius 1 is 0.366 bits per heavy atom. The summed E-state index contributed by atoms with van der Waals surface area (Å²) >= 11 is 0. The first kappa shape index (κ1) is 25.9. The first-order chi connectivity index (χ1) is 19.9. The van der Waals surface area contributed by atoms with Crippen LogP contribution >= 0.6 is 0 Å². The van der Waals surface area contributed by atoms with E-state index in [4.69, 9.17) is 9.97 Å². The maximum atomic E-state index is 14.5. The SMILES string of the molecule is Fc1c(F)c(F)c(-c2cccc(-c3cccc(-c4cc(-c5ccncc5)nc(-c5ccncc5)c4)n3)c2)c(F)c1F. The van der Waals surface area contributed by atoms with E-state index in [-0.39, 0.29) is 5.56 Å². The van der Waals surface area contributed by atoms with Gasteiger partial charge in [-0.05, 0) is 60.2 Å². The molecule has 2 aromatic carbocycles. The number of nitrogens with zero attached hydrogens (tertiary/aromatic N) is 4. The topological polar surface area (TPSA) is 51.6 Å². The third-order valence-electron chi connectivity index (χ3n) is 6.48. The molecule has 0 N–H and O–H groups in total. The van der Waals surface area contributed by atoms with Crippen molar-refractivity contribution in [3.8, 4) is 56.2 Å². The molecule has 4 heterocycles. The average molecular weight is 553 g/mol. The molecule has 6 rings (SSSR count). The normalized spacial score (nSPS) is 11.0. The van der Waals surface area contributed by atoms with Crippen LogP contribution in [0.3, 0.4) is 0 Å². The summed E-state index contributed by atoms with van der Waals surface area (Å²) in [6.07, 6.45) is 6.69. The van der Waals surface area contributed by atoms with Gasteiger partial charge in [-0.3, -0.25) is 9.97 Å².